The smallest absolute Gasteiger partial charge is 0.243 e. The molecule has 19 heavy (non-hydrogen) atoms. The third kappa shape index (κ3) is 2.78. The Bertz CT molecular complexity index is 589. The van der Waals surface area contributed by atoms with Gasteiger partial charge in [0.2, 0.25) is 10.0 Å². The molecule has 0 spiro atoms. The molecule has 1 heterocycles. The number of piperidine rings is 1. The van der Waals surface area contributed by atoms with Crippen LogP contribution in [-0.2, 0) is 10.0 Å². The zero-order chi connectivity index (χ0) is 14.0. The van der Waals surface area contributed by atoms with E-state index in [1.54, 1.807) is 0 Å². The van der Waals surface area contributed by atoms with Gasteiger partial charge in [-0.15, -0.1) is 0 Å². The van der Waals surface area contributed by atoms with Gasteiger partial charge in [-0.2, -0.15) is 9.57 Å². The molecule has 5 nitrogen and oxygen atoms in total. The summed E-state index contributed by atoms with van der Waals surface area (Å²) in [6.45, 7) is 2.32. The number of nitrogens with zero attached hydrogens (tertiary/aromatic N) is 2. The predicted octanol–water partition coefficient (Wildman–Crippen LogP) is 1.06. The van der Waals surface area contributed by atoms with Crippen LogP contribution in [0.25, 0.3) is 0 Å². The van der Waals surface area contributed by atoms with Gasteiger partial charge < -0.3 is 5.73 Å². The van der Waals surface area contributed by atoms with Gasteiger partial charge in [0, 0.05) is 18.6 Å². The molecule has 0 bridgehead atoms. The summed E-state index contributed by atoms with van der Waals surface area (Å²) in [5.74, 6) is 0. The van der Waals surface area contributed by atoms with E-state index in [1.165, 1.54) is 28.6 Å². The molecule has 2 unspecified atom stereocenters. The molecule has 2 N–H and O–H groups in total. The van der Waals surface area contributed by atoms with Gasteiger partial charge in [-0.3, -0.25) is 0 Å². The van der Waals surface area contributed by atoms with Crippen LogP contribution in [0.4, 0.5) is 0 Å². The monoisotopic (exact) mass is 279 g/mol. The number of nitriles is 1. The highest BCUT2D eigenvalue weighted by atomic mass is 32.2. The molecule has 2 rings (SSSR count). The van der Waals surface area contributed by atoms with Crippen molar-refractivity contribution >= 4 is 10.0 Å². The van der Waals surface area contributed by atoms with E-state index < -0.39 is 10.0 Å². The lowest BCUT2D eigenvalue weighted by atomic mass is 10.0. The minimum atomic E-state index is -3.49. The molecule has 1 fully saturated rings. The first-order valence-electron chi connectivity index (χ1n) is 6.22. The van der Waals surface area contributed by atoms with E-state index in [0.29, 0.717) is 24.9 Å². The summed E-state index contributed by atoms with van der Waals surface area (Å²) in [5.41, 5.74) is 6.30. The highest BCUT2D eigenvalue weighted by Crippen LogP contribution is 2.24. The fourth-order valence-corrected chi connectivity index (χ4v) is 4.04. The molecule has 6 heteroatoms. The molecule has 0 saturated carbocycles. The molecule has 0 aliphatic carbocycles. The Morgan fingerprint density at radius 1 is 1.37 bits per heavy atom. The van der Waals surface area contributed by atoms with Gasteiger partial charge in [-0.05, 0) is 44.0 Å². The predicted molar refractivity (Wildman–Crippen MR) is 71.7 cm³/mol. The summed E-state index contributed by atoms with van der Waals surface area (Å²) in [4.78, 5) is 0.230. The second kappa shape index (κ2) is 5.29. The topological polar surface area (TPSA) is 87.2 Å². The van der Waals surface area contributed by atoms with Crippen LogP contribution in [0.15, 0.2) is 29.2 Å². The second-order valence-corrected chi connectivity index (χ2v) is 6.78. The molecule has 1 aliphatic heterocycles. The van der Waals surface area contributed by atoms with Gasteiger partial charge in [0.1, 0.15) is 0 Å². The number of sulfonamides is 1. The van der Waals surface area contributed by atoms with E-state index in [2.05, 4.69) is 0 Å². The van der Waals surface area contributed by atoms with Crippen molar-refractivity contribution in [1.82, 2.24) is 4.31 Å². The fourth-order valence-electron chi connectivity index (χ4n) is 2.38. The van der Waals surface area contributed by atoms with Crippen molar-refractivity contribution in [1.29, 1.82) is 5.26 Å². The summed E-state index contributed by atoms with van der Waals surface area (Å²) < 4.78 is 26.5. The number of hydrogen-bond donors (Lipinski definition) is 1. The summed E-state index contributed by atoms with van der Waals surface area (Å²) in [7, 11) is -3.49. The number of rotatable bonds is 2. The zero-order valence-electron chi connectivity index (χ0n) is 10.8. The lowest BCUT2D eigenvalue weighted by molar-refractivity contribution is 0.247. The molecule has 1 aromatic carbocycles. The van der Waals surface area contributed by atoms with E-state index in [1.807, 2.05) is 13.0 Å². The van der Waals surface area contributed by atoms with Crippen molar-refractivity contribution in [2.24, 2.45) is 5.73 Å². The minimum Gasteiger partial charge on any atom is -0.328 e. The summed E-state index contributed by atoms with van der Waals surface area (Å²) in [6.07, 6.45) is 1.36. The first-order valence-corrected chi connectivity index (χ1v) is 7.66. The van der Waals surface area contributed by atoms with Crippen LogP contribution in [0.1, 0.15) is 25.3 Å². The number of hydrogen-bond acceptors (Lipinski definition) is 4. The largest absolute Gasteiger partial charge is 0.328 e. The molecule has 0 radical (unpaired) electrons. The standard InChI is InChI=1S/C13H17N3O2S/c1-10-8-12(15)6-7-16(10)19(17,18)13-4-2-11(9-14)3-5-13/h2-5,10,12H,6-8,15H2,1H3. The van der Waals surface area contributed by atoms with Crippen LogP contribution in [-0.4, -0.2) is 31.4 Å². The first kappa shape index (κ1) is 14.0. The minimum absolute atomic E-state index is 0.0717. The lowest BCUT2D eigenvalue weighted by Crippen LogP contribution is -2.48. The fraction of sp³-hybridized carbons (Fsp3) is 0.462. The van der Waals surface area contributed by atoms with Crippen molar-refractivity contribution in [3.8, 4) is 6.07 Å². The lowest BCUT2D eigenvalue weighted by Gasteiger charge is -2.35. The zero-order valence-corrected chi connectivity index (χ0v) is 11.6. The Labute approximate surface area is 113 Å². The van der Waals surface area contributed by atoms with Crippen LogP contribution in [0.3, 0.4) is 0 Å². The molecular weight excluding hydrogens is 262 g/mol. The van der Waals surface area contributed by atoms with E-state index in [-0.39, 0.29) is 17.0 Å². The summed E-state index contributed by atoms with van der Waals surface area (Å²) in [5, 5.41) is 8.73. The maximum Gasteiger partial charge on any atom is 0.243 e. The summed E-state index contributed by atoms with van der Waals surface area (Å²) >= 11 is 0. The third-order valence-corrected chi connectivity index (χ3v) is 5.47. The van der Waals surface area contributed by atoms with Crippen molar-refractivity contribution in [2.45, 2.75) is 36.7 Å². The molecule has 102 valence electrons. The average molecular weight is 279 g/mol. The van der Waals surface area contributed by atoms with Gasteiger partial charge in [0.25, 0.3) is 0 Å². The van der Waals surface area contributed by atoms with E-state index in [9.17, 15) is 8.42 Å². The van der Waals surface area contributed by atoms with Crippen molar-refractivity contribution < 1.29 is 8.42 Å². The van der Waals surface area contributed by atoms with Crippen molar-refractivity contribution in [3.05, 3.63) is 29.8 Å². The average Bonchev–Trinajstić information content (AvgIpc) is 2.38. The van der Waals surface area contributed by atoms with Crippen molar-refractivity contribution in [2.75, 3.05) is 6.54 Å². The quantitative estimate of drug-likeness (QED) is 0.876. The molecule has 1 saturated heterocycles. The molecular formula is C13H17N3O2S. The van der Waals surface area contributed by atoms with E-state index >= 15 is 0 Å². The second-order valence-electron chi connectivity index (χ2n) is 4.89. The van der Waals surface area contributed by atoms with Crippen LogP contribution < -0.4 is 5.73 Å². The number of nitrogens with two attached hydrogens (primary N) is 1. The van der Waals surface area contributed by atoms with Crippen LogP contribution >= 0.6 is 0 Å². The van der Waals surface area contributed by atoms with Crippen molar-refractivity contribution in [3.63, 3.8) is 0 Å². The molecule has 1 aliphatic rings. The Morgan fingerprint density at radius 2 is 2.00 bits per heavy atom. The molecule has 1 aromatic rings. The molecule has 0 aromatic heterocycles. The summed E-state index contributed by atoms with van der Waals surface area (Å²) in [6, 6.07) is 7.96. The van der Waals surface area contributed by atoms with Gasteiger partial charge >= 0.3 is 0 Å². The third-order valence-electron chi connectivity index (χ3n) is 3.45. The van der Waals surface area contributed by atoms with Crippen LogP contribution in [0.2, 0.25) is 0 Å². The van der Waals surface area contributed by atoms with Crippen LogP contribution in [0, 0.1) is 11.3 Å². The molecule has 2 atom stereocenters. The highest BCUT2D eigenvalue weighted by molar-refractivity contribution is 7.89. The Balaban J connectivity index is 2.29. The maximum absolute atomic E-state index is 12.5. The Hall–Kier alpha value is -1.42. The van der Waals surface area contributed by atoms with Gasteiger partial charge in [-0.1, -0.05) is 0 Å². The molecule has 0 amide bonds. The van der Waals surface area contributed by atoms with Gasteiger partial charge in [0.15, 0.2) is 0 Å². The maximum atomic E-state index is 12.5. The number of benzene rings is 1. The van der Waals surface area contributed by atoms with Crippen LogP contribution in [0.5, 0.6) is 0 Å². The van der Waals surface area contributed by atoms with Gasteiger partial charge in [0.05, 0.1) is 16.5 Å². The van der Waals surface area contributed by atoms with E-state index in [4.69, 9.17) is 11.0 Å². The first-order chi connectivity index (χ1) is 8.95. The Morgan fingerprint density at radius 3 is 2.53 bits per heavy atom. The normalized spacial score (nSPS) is 24.9. The Kier molecular flexibility index (Phi) is 3.90. The highest BCUT2D eigenvalue weighted by Gasteiger charge is 2.33. The van der Waals surface area contributed by atoms with E-state index in [0.717, 1.165) is 0 Å². The SMILES string of the molecule is CC1CC(N)CCN1S(=O)(=O)c1ccc(C#N)cc1. The van der Waals surface area contributed by atoms with Gasteiger partial charge in [-0.25, -0.2) is 8.42 Å².